The van der Waals surface area contributed by atoms with Gasteiger partial charge in [0, 0.05) is 18.8 Å². The number of nitrogens with zero attached hydrogens (tertiary/aromatic N) is 5. The van der Waals surface area contributed by atoms with Crippen molar-refractivity contribution < 1.29 is 4.74 Å². The van der Waals surface area contributed by atoms with Gasteiger partial charge >= 0.3 is 0 Å². The summed E-state index contributed by atoms with van der Waals surface area (Å²) in [6.07, 6.45) is 3.71. The number of ether oxygens (including phenoxy) is 1. The van der Waals surface area contributed by atoms with E-state index in [4.69, 9.17) is 4.74 Å². The maximum Gasteiger partial charge on any atom is 0.189 e. The predicted octanol–water partition coefficient (Wildman–Crippen LogP) is 1.86. The van der Waals surface area contributed by atoms with Crippen molar-refractivity contribution >= 4 is 16.8 Å². The molecule has 3 rings (SSSR count). The summed E-state index contributed by atoms with van der Waals surface area (Å²) in [4.78, 5) is 8.96. The van der Waals surface area contributed by atoms with E-state index in [-0.39, 0.29) is 6.04 Å². The molecule has 1 aliphatic rings. The fourth-order valence-electron chi connectivity index (χ4n) is 2.19. The van der Waals surface area contributed by atoms with Crippen LogP contribution in [-0.4, -0.2) is 44.2 Å². The molecule has 0 saturated carbocycles. The first kappa shape index (κ1) is 13.1. The average molecular weight is 289 g/mol. The summed E-state index contributed by atoms with van der Waals surface area (Å²) in [6, 6.07) is 3.89. The summed E-state index contributed by atoms with van der Waals surface area (Å²) in [5.74, 6) is 2.33. The van der Waals surface area contributed by atoms with E-state index in [0.717, 1.165) is 34.7 Å². The SMILES string of the molecule is COc1ccnc(-c2nnc3n2CC(C)N=C3SC)c1. The third-order valence-electron chi connectivity index (χ3n) is 3.12. The van der Waals surface area contributed by atoms with Crippen molar-refractivity contribution in [2.45, 2.75) is 19.5 Å². The van der Waals surface area contributed by atoms with Gasteiger partial charge < -0.3 is 9.30 Å². The van der Waals surface area contributed by atoms with Gasteiger partial charge in [-0.1, -0.05) is 0 Å². The first-order chi connectivity index (χ1) is 9.72. The molecule has 2 aromatic heterocycles. The van der Waals surface area contributed by atoms with Crippen LogP contribution in [0.1, 0.15) is 12.7 Å². The molecule has 1 aliphatic heterocycles. The molecule has 0 saturated heterocycles. The molecule has 0 fully saturated rings. The van der Waals surface area contributed by atoms with E-state index in [0.29, 0.717) is 0 Å². The molecule has 6 nitrogen and oxygen atoms in total. The Labute approximate surface area is 121 Å². The van der Waals surface area contributed by atoms with E-state index in [9.17, 15) is 0 Å². The van der Waals surface area contributed by atoms with E-state index in [1.54, 1.807) is 25.1 Å². The van der Waals surface area contributed by atoms with Crippen molar-refractivity contribution in [2.75, 3.05) is 13.4 Å². The van der Waals surface area contributed by atoms with E-state index < -0.39 is 0 Å². The van der Waals surface area contributed by atoms with Crippen LogP contribution >= 0.6 is 11.8 Å². The minimum Gasteiger partial charge on any atom is -0.497 e. The van der Waals surface area contributed by atoms with Crippen LogP contribution in [0.15, 0.2) is 23.3 Å². The van der Waals surface area contributed by atoms with Crippen LogP contribution in [0.25, 0.3) is 11.5 Å². The van der Waals surface area contributed by atoms with Gasteiger partial charge in [-0.3, -0.25) is 9.98 Å². The molecule has 0 aromatic carbocycles. The van der Waals surface area contributed by atoms with Gasteiger partial charge in [-0.05, 0) is 19.2 Å². The lowest BCUT2D eigenvalue weighted by molar-refractivity contribution is 0.414. The first-order valence-electron chi connectivity index (χ1n) is 6.28. The number of aromatic nitrogens is 4. The third kappa shape index (κ3) is 2.18. The highest BCUT2D eigenvalue weighted by atomic mass is 32.2. The molecule has 0 amide bonds. The molecule has 104 valence electrons. The van der Waals surface area contributed by atoms with E-state index in [1.165, 1.54) is 0 Å². The van der Waals surface area contributed by atoms with E-state index in [1.807, 2.05) is 18.4 Å². The zero-order valence-electron chi connectivity index (χ0n) is 11.6. The minimum atomic E-state index is 0.213. The molecule has 0 bridgehead atoms. The molecule has 0 aliphatic carbocycles. The Morgan fingerprint density at radius 3 is 2.90 bits per heavy atom. The second-order valence-electron chi connectivity index (χ2n) is 4.53. The van der Waals surface area contributed by atoms with Crippen molar-refractivity contribution in [1.29, 1.82) is 0 Å². The number of hydrogen-bond acceptors (Lipinski definition) is 6. The number of aliphatic imine (C=N–C) groups is 1. The number of hydrogen-bond donors (Lipinski definition) is 0. The fraction of sp³-hybridized carbons (Fsp3) is 0.385. The predicted molar refractivity (Wildman–Crippen MR) is 79.3 cm³/mol. The van der Waals surface area contributed by atoms with Gasteiger partial charge in [-0.2, -0.15) is 0 Å². The molecule has 1 unspecified atom stereocenters. The van der Waals surface area contributed by atoms with Gasteiger partial charge in [0.25, 0.3) is 0 Å². The Kier molecular flexibility index (Phi) is 3.43. The summed E-state index contributed by atoms with van der Waals surface area (Å²) in [6.45, 7) is 2.85. The topological polar surface area (TPSA) is 65.2 Å². The molecule has 0 N–H and O–H groups in total. The molecule has 7 heteroatoms. The Hall–Kier alpha value is -1.89. The van der Waals surface area contributed by atoms with Gasteiger partial charge in [0.15, 0.2) is 11.6 Å². The van der Waals surface area contributed by atoms with Gasteiger partial charge in [-0.25, -0.2) is 0 Å². The molecule has 2 aromatic rings. The van der Waals surface area contributed by atoms with Gasteiger partial charge in [0.05, 0.1) is 13.2 Å². The number of fused-ring (bicyclic) bond motifs is 1. The third-order valence-corrected chi connectivity index (χ3v) is 3.79. The molecule has 1 atom stereocenters. The Bertz CT molecular complexity index is 667. The number of thioether (sulfide) groups is 1. The van der Waals surface area contributed by atoms with E-state index in [2.05, 4.69) is 31.7 Å². The van der Waals surface area contributed by atoms with Crippen molar-refractivity contribution in [3.05, 3.63) is 24.2 Å². The van der Waals surface area contributed by atoms with Gasteiger partial charge in [0.2, 0.25) is 0 Å². The van der Waals surface area contributed by atoms with Crippen LogP contribution in [0.4, 0.5) is 0 Å². The van der Waals surface area contributed by atoms with E-state index >= 15 is 0 Å². The molecule has 0 radical (unpaired) electrons. The highest BCUT2D eigenvalue weighted by Crippen LogP contribution is 2.25. The zero-order chi connectivity index (χ0) is 14.1. The van der Waals surface area contributed by atoms with Gasteiger partial charge in [-0.15, -0.1) is 22.0 Å². The van der Waals surface area contributed by atoms with Crippen LogP contribution in [-0.2, 0) is 6.54 Å². The standard InChI is InChI=1S/C13H15N5OS/c1-8-7-18-11(10-6-9(19-2)4-5-14-10)16-17-12(18)13(15-8)20-3/h4-6,8H,7H2,1-3H3. The van der Waals surface area contributed by atoms with Crippen LogP contribution in [0.2, 0.25) is 0 Å². The highest BCUT2D eigenvalue weighted by Gasteiger charge is 2.24. The lowest BCUT2D eigenvalue weighted by Gasteiger charge is -2.19. The number of rotatable bonds is 2. The lowest BCUT2D eigenvalue weighted by atomic mass is 10.2. The minimum absolute atomic E-state index is 0.213. The quantitative estimate of drug-likeness (QED) is 0.844. The Morgan fingerprint density at radius 2 is 2.15 bits per heavy atom. The second-order valence-corrected chi connectivity index (χ2v) is 5.32. The molecular formula is C13H15N5OS. The molecular weight excluding hydrogens is 274 g/mol. The number of pyridine rings is 1. The smallest absolute Gasteiger partial charge is 0.189 e. The summed E-state index contributed by atoms with van der Waals surface area (Å²) in [5.41, 5.74) is 0.762. The van der Waals surface area contributed by atoms with Crippen molar-refractivity contribution in [1.82, 2.24) is 19.7 Å². The normalized spacial score (nSPS) is 17.6. The lowest BCUT2D eigenvalue weighted by Crippen LogP contribution is -2.23. The first-order valence-corrected chi connectivity index (χ1v) is 7.51. The maximum atomic E-state index is 5.24. The van der Waals surface area contributed by atoms with Crippen LogP contribution in [0.3, 0.4) is 0 Å². The van der Waals surface area contributed by atoms with Crippen LogP contribution < -0.4 is 4.74 Å². The number of methoxy groups -OCH3 is 1. The zero-order valence-corrected chi connectivity index (χ0v) is 12.4. The fourth-order valence-corrected chi connectivity index (χ4v) is 2.81. The van der Waals surface area contributed by atoms with Crippen molar-refractivity contribution in [2.24, 2.45) is 4.99 Å². The molecule has 3 heterocycles. The maximum absolute atomic E-state index is 5.24. The largest absolute Gasteiger partial charge is 0.497 e. The summed E-state index contributed by atoms with van der Waals surface area (Å²) in [5, 5.41) is 9.45. The monoisotopic (exact) mass is 289 g/mol. The summed E-state index contributed by atoms with van der Waals surface area (Å²) in [7, 11) is 1.64. The second kappa shape index (κ2) is 5.24. The molecule has 0 spiro atoms. The summed E-state index contributed by atoms with van der Waals surface area (Å²) < 4.78 is 7.31. The Balaban J connectivity index is 2.09. The highest BCUT2D eigenvalue weighted by molar-refractivity contribution is 8.13. The van der Waals surface area contributed by atoms with Gasteiger partial charge in [0.1, 0.15) is 16.5 Å². The Morgan fingerprint density at radius 1 is 1.35 bits per heavy atom. The van der Waals surface area contributed by atoms with Crippen LogP contribution in [0.5, 0.6) is 5.75 Å². The average Bonchev–Trinajstić information content (AvgIpc) is 2.90. The van der Waals surface area contributed by atoms with Crippen molar-refractivity contribution in [3.8, 4) is 17.3 Å². The van der Waals surface area contributed by atoms with Crippen molar-refractivity contribution in [3.63, 3.8) is 0 Å². The molecule has 20 heavy (non-hydrogen) atoms. The summed E-state index contributed by atoms with van der Waals surface area (Å²) >= 11 is 1.59. The van der Waals surface area contributed by atoms with Crippen LogP contribution in [0, 0.1) is 0 Å².